The lowest BCUT2D eigenvalue weighted by molar-refractivity contribution is -0.157. The van der Waals surface area contributed by atoms with Crippen LogP contribution in [-0.4, -0.2) is 108 Å². The molecule has 13 nitrogen and oxygen atoms in total. The standard InChI is InChI=1S/C51H57N3O10/c1-50(2,3)63-45(57)29-27-39(33-55)52-47(58)41(30-34-18-10-7-11-19-34)54(6)48(59)36-31-42(61-49(60)40-25-17-16-20-35(40)26-28-44(56)53(4)5)46-43(32-36)62-51(64-46,37-21-12-8-13-22-37)38-23-14-9-15-24-38/h7-26,28,32,39,41-43,46,55H,27,29-31,33H2,1-6H3,(H,52,58). The van der Waals surface area contributed by atoms with Gasteiger partial charge in [-0.15, -0.1) is 0 Å². The second kappa shape index (κ2) is 20.8. The Morgan fingerprint density at radius 2 is 1.44 bits per heavy atom. The minimum atomic E-state index is -1.45. The smallest absolute Gasteiger partial charge is 0.339 e. The number of ether oxygens (including phenoxy) is 4. The van der Waals surface area contributed by atoms with Crippen molar-refractivity contribution < 1.29 is 48.0 Å². The van der Waals surface area contributed by atoms with Crippen LogP contribution in [0.5, 0.6) is 0 Å². The van der Waals surface area contributed by atoms with E-state index in [-0.39, 0.29) is 42.7 Å². The number of nitrogens with one attached hydrogen (secondary N) is 1. The van der Waals surface area contributed by atoms with Gasteiger partial charge in [0.2, 0.25) is 23.5 Å². The first kappa shape index (κ1) is 47.1. The fourth-order valence-electron chi connectivity index (χ4n) is 7.72. The third-order valence-electron chi connectivity index (χ3n) is 11.0. The molecular formula is C51H57N3O10. The number of amides is 3. The van der Waals surface area contributed by atoms with Crippen LogP contribution in [0.4, 0.5) is 0 Å². The molecule has 0 radical (unpaired) electrons. The number of fused-ring (bicyclic) bond motifs is 1. The summed E-state index contributed by atoms with van der Waals surface area (Å²) in [5, 5.41) is 13.1. The first-order valence-corrected chi connectivity index (χ1v) is 21.4. The molecule has 13 heteroatoms. The van der Waals surface area contributed by atoms with Gasteiger partial charge in [-0.05, 0) is 56.5 Å². The number of hydrogen-bond donors (Lipinski definition) is 2. The molecule has 5 unspecified atom stereocenters. The van der Waals surface area contributed by atoms with Crippen molar-refractivity contribution >= 4 is 35.7 Å². The Morgan fingerprint density at radius 1 is 0.844 bits per heavy atom. The molecule has 1 heterocycles. The molecule has 2 aliphatic rings. The molecular weight excluding hydrogens is 815 g/mol. The zero-order valence-electron chi connectivity index (χ0n) is 37.1. The number of aliphatic hydroxyl groups is 1. The number of likely N-dealkylation sites (N-methyl/N-ethyl adjacent to an activating group) is 2. The second-order valence-electron chi connectivity index (χ2n) is 17.1. The summed E-state index contributed by atoms with van der Waals surface area (Å²) >= 11 is 0. The number of rotatable bonds is 16. The van der Waals surface area contributed by atoms with E-state index in [0.29, 0.717) is 16.7 Å². The van der Waals surface area contributed by atoms with Gasteiger partial charge in [-0.1, -0.05) is 109 Å². The SMILES string of the molecule is CN(C)C(=O)C=Cc1ccccc1C(=O)OC1CC(C(=O)N(C)C(Cc2ccccc2)C(=O)NC(CO)CCC(=O)OC(C)(C)C)=CC2OC(c3ccccc3)(c3ccccc3)OC21. The van der Waals surface area contributed by atoms with Crippen LogP contribution in [0.1, 0.15) is 72.6 Å². The Bertz CT molecular complexity index is 2290. The van der Waals surface area contributed by atoms with E-state index in [1.54, 1.807) is 71.3 Å². The van der Waals surface area contributed by atoms with Gasteiger partial charge in [-0.3, -0.25) is 19.2 Å². The minimum Gasteiger partial charge on any atom is -0.460 e. The highest BCUT2D eigenvalue weighted by atomic mass is 16.8. The molecule has 1 aliphatic carbocycles. The molecule has 3 amide bonds. The molecule has 1 fully saturated rings. The number of aliphatic hydroxyl groups excluding tert-OH is 1. The zero-order chi connectivity index (χ0) is 46.0. The number of esters is 2. The largest absolute Gasteiger partial charge is 0.460 e. The van der Waals surface area contributed by atoms with E-state index in [1.807, 2.05) is 91.0 Å². The summed E-state index contributed by atoms with van der Waals surface area (Å²) in [4.78, 5) is 71.1. The summed E-state index contributed by atoms with van der Waals surface area (Å²) < 4.78 is 25.6. The van der Waals surface area contributed by atoms with Crippen LogP contribution >= 0.6 is 0 Å². The van der Waals surface area contributed by atoms with Crippen LogP contribution in [0.15, 0.2) is 133 Å². The lowest BCUT2D eigenvalue weighted by Gasteiger charge is -2.34. The van der Waals surface area contributed by atoms with Gasteiger partial charge < -0.3 is 39.2 Å². The number of carbonyl (C=O) groups excluding carboxylic acids is 5. The first-order chi connectivity index (χ1) is 30.6. The van der Waals surface area contributed by atoms with Gasteiger partial charge in [0.15, 0.2) is 0 Å². The zero-order valence-corrected chi connectivity index (χ0v) is 37.1. The third kappa shape index (κ3) is 11.6. The predicted molar refractivity (Wildman–Crippen MR) is 240 cm³/mol. The van der Waals surface area contributed by atoms with Crippen molar-refractivity contribution in [2.24, 2.45) is 0 Å². The molecule has 2 N–H and O–H groups in total. The molecule has 1 saturated heterocycles. The van der Waals surface area contributed by atoms with Gasteiger partial charge in [0.05, 0.1) is 18.2 Å². The Hall–Kier alpha value is -6.41. The topological polar surface area (TPSA) is 161 Å². The van der Waals surface area contributed by atoms with Gasteiger partial charge in [-0.25, -0.2) is 4.79 Å². The van der Waals surface area contributed by atoms with Crippen LogP contribution in [0.3, 0.4) is 0 Å². The first-order valence-electron chi connectivity index (χ1n) is 21.4. The summed E-state index contributed by atoms with van der Waals surface area (Å²) in [5.41, 5.74) is 2.33. The molecule has 0 spiro atoms. The molecule has 0 saturated carbocycles. The monoisotopic (exact) mass is 871 g/mol. The number of hydrogen-bond acceptors (Lipinski definition) is 10. The van der Waals surface area contributed by atoms with E-state index in [2.05, 4.69) is 5.32 Å². The molecule has 5 atom stereocenters. The highest BCUT2D eigenvalue weighted by Crippen LogP contribution is 2.47. The molecule has 1 aliphatic heterocycles. The van der Waals surface area contributed by atoms with Gasteiger partial charge in [0.1, 0.15) is 30.0 Å². The van der Waals surface area contributed by atoms with E-state index in [0.717, 1.165) is 5.56 Å². The highest BCUT2D eigenvalue weighted by molar-refractivity contribution is 5.98. The Labute approximate surface area is 374 Å². The van der Waals surface area contributed by atoms with E-state index in [4.69, 9.17) is 18.9 Å². The summed E-state index contributed by atoms with van der Waals surface area (Å²) in [6.45, 7) is 4.83. The summed E-state index contributed by atoms with van der Waals surface area (Å²) in [6, 6.07) is 32.9. The lowest BCUT2D eigenvalue weighted by atomic mass is 9.90. The quantitative estimate of drug-likeness (QED) is 0.101. The van der Waals surface area contributed by atoms with Gasteiger partial charge in [-0.2, -0.15) is 0 Å². The van der Waals surface area contributed by atoms with Crippen LogP contribution in [0, 0.1) is 0 Å². The van der Waals surface area contributed by atoms with Crippen LogP contribution in [0.25, 0.3) is 6.08 Å². The number of benzene rings is 4. The van der Waals surface area contributed by atoms with E-state index in [9.17, 15) is 29.1 Å². The van der Waals surface area contributed by atoms with Gasteiger partial charge in [0.25, 0.3) is 0 Å². The van der Waals surface area contributed by atoms with E-state index < -0.39 is 72.1 Å². The molecule has 4 aromatic carbocycles. The van der Waals surface area contributed by atoms with E-state index in [1.165, 1.54) is 22.9 Å². The van der Waals surface area contributed by atoms with Gasteiger partial charge in [0, 0.05) is 63.2 Å². The Balaban J connectivity index is 1.34. The maximum atomic E-state index is 14.9. The lowest BCUT2D eigenvalue weighted by Crippen LogP contribution is -2.53. The number of nitrogens with zero attached hydrogens (tertiary/aromatic N) is 2. The van der Waals surface area contributed by atoms with Crippen LogP contribution in [-0.2, 0) is 50.3 Å². The van der Waals surface area contributed by atoms with Crippen molar-refractivity contribution in [2.45, 2.75) is 88.2 Å². The van der Waals surface area contributed by atoms with Crippen molar-refractivity contribution in [3.05, 3.63) is 161 Å². The van der Waals surface area contributed by atoms with Crippen molar-refractivity contribution in [1.82, 2.24) is 15.1 Å². The van der Waals surface area contributed by atoms with Crippen LogP contribution in [0.2, 0.25) is 0 Å². The highest BCUT2D eigenvalue weighted by Gasteiger charge is 2.55. The van der Waals surface area contributed by atoms with Crippen molar-refractivity contribution in [2.75, 3.05) is 27.7 Å². The van der Waals surface area contributed by atoms with Gasteiger partial charge >= 0.3 is 11.9 Å². The normalized spacial score (nSPS) is 18.8. The second-order valence-corrected chi connectivity index (χ2v) is 17.1. The summed E-state index contributed by atoms with van der Waals surface area (Å²) in [6.07, 6.45) is 1.86. The maximum absolute atomic E-state index is 14.9. The van der Waals surface area contributed by atoms with Crippen LogP contribution < -0.4 is 5.32 Å². The molecule has 0 bridgehead atoms. The third-order valence-corrected chi connectivity index (χ3v) is 11.0. The molecule has 336 valence electrons. The maximum Gasteiger partial charge on any atom is 0.339 e. The Morgan fingerprint density at radius 3 is 2.03 bits per heavy atom. The molecule has 0 aromatic heterocycles. The molecule has 4 aromatic rings. The summed E-state index contributed by atoms with van der Waals surface area (Å²) in [5.74, 6) is -3.94. The Kier molecular flexibility index (Phi) is 15.3. The van der Waals surface area contributed by atoms with Crippen molar-refractivity contribution in [3.8, 4) is 0 Å². The average Bonchev–Trinajstić information content (AvgIpc) is 3.70. The molecule has 64 heavy (non-hydrogen) atoms. The fourth-order valence-corrected chi connectivity index (χ4v) is 7.72. The summed E-state index contributed by atoms with van der Waals surface area (Å²) in [7, 11) is 4.78. The predicted octanol–water partition coefficient (Wildman–Crippen LogP) is 6.00. The fraction of sp³-hybridized carbons (Fsp3) is 0.353. The van der Waals surface area contributed by atoms with E-state index >= 15 is 0 Å². The minimum absolute atomic E-state index is 0.0407. The average molecular weight is 872 g/mol. The van der Waals surface area contributed by atoms with Crippen molar-refractivity contribution in [1.29, 1.82) is 0 Å². The van der Waals surface area contributed by atoms with Crippen molar-refractivity contribution in [3.63, 3.8) is 0 Å². The number of carbonyl (C=O) groups is 5. The molecule has 6 rings (SSSR count).